The molecule has 1 atom stereocenters. The van der Waals surface area contributed by atoms with E-state index in [1.54, 1.807) is 4.90 Å². The van der Waals surface area contributed by atoms with Gasteiger partial charge in [-0.1, -0.05) is 72.6 Å². The van der Waals surface area contributed by atoms with Crippen LogP contribution < -0.4 is 0 Å². The largest absolute Gasteiger partial charge is 0.464 e. The Labute approximate surface area is 148 Å². The van der Waals surface area contributed by atoms with Gasteiger partial charge in [0.25, 0.3) is 0 Å². The number of hydrogen-bond acceptors (Lipinski definition) is 3. The second-order valence-electron chi connectivity index (χ2n) is 8.05. The molecule has 0 aromatic rings. The zero-order valence-electron chi connectivity index (χ0n) is 16.2. The highest BCUT2D eigenvalue weighted by molar-refractivity contribution is 5.88. The number of likely N-dealkylation sites (tertiary alicyclic amines) is 1. The molecule has 0 bridgehead atoms. The van der Waals surface area contributed by atoms with E-state index in [0.29, 0.717) is 13.2 Å². The minimum atomic E-state index is -0.444. The quantitative estimate of drug-likeness (QED) is 0.428. The van der Waals surface area contributed by atoms with E-state index < -0.39 is 5.41 Å². The minimum Gasteiger partial charge on any atom is -0.464 e. The predicted molar refractivity (Wildman–Crippen MR) is 97.8 cm³/mol. The van der Waals surface area contributed by atoms with Crippen LogP contribution in [0.15, 0.2) is 0 Å². The second-order valence-corrected chi connectivity index (χ2v) is 8.05. The van der Waals surface area contributed by atoms with E-state index in [0.717, 1.165) is 25.7 Å². The molecule has 0 radical (unpaired) electrons. The smallest absolute Gasteiger partial charge is 0.328 e. The van der Waals surface area contributed by atoms with E-state index in [4.69, 9.17) is 4.74 Å². The number of amides is 1. The first-order chi connectivity index (χ1) is 11.4. The summed E-state index contributed by atoms with van der Waals surface area (Å²) in [6, 6.07) is -0.370. The van der Waals surface area contributed by atoms with Gasteiger partial charge >= 0.3 is 5.97 Å². The molecular formula is C20H37NO3. The molecule has 1 rings (SSSR count). The van der Waals surface area contributed by atoms with Gasteiger partial charge in [0, 0.05) is 12.0 Å². The lowest BCUT2D eigenvalue weighted by Gasteiger charge is -2.29. The van der Waals surface area contributed by atoms with E-state index in [-0.39, 0.29) is 17.9 Å². The molecule has 24 heavy (non-hydrogen) atoms. The van der Waals surface area contributed by atoms with E-state index in [1.165, 1.54) is 38.5 Å². The Hall–Kier alpha value is -1.06. The number of unbranched alkanes of at least 4 members (excludes halogenated alkanes) is 7. The molecule has 0 saturated carbocycles. The van der Waals surface area contributed by atoms with Crippen molar-refractivity contribution in [3.63, 3.8) is 0 Å². The van der Waals surface area contributed by atoms with Crippen LogP contribution in [0, 0.1) is 5.41 Å². The van der Waals surface area contributed by atoms with Gasteiger partial charge < -0.3 is 9.64 Å². The Bertz CT molecular complexity index is 387. The SMILES string of the molecule is CCCCCCCCCCOC(=O)C1CCCN1C(=O)C(C)(C)C. The summed E-state index contributed by atoms with van der Waals surface area (Å²) >= 11 is 0. The molecule has 1 heterocycles. The Morgan fingerprint density at radius 2 is 1.58 bits per heavy atom. The van der Waals surface area contributed by atoms with Gasteiger partial charge in [0.1, 0.15) is 6.04 Å². The molecule has 1 aliphatic rings. The van der Waals surface area contributed by atoms with Crippen molar-refractivity contribution in [3.05, 3.63) is 0 Å². The van der Waals surface area contributed by atoms with Gasteiger partial charge in [0.15, 0.2) is 0 Å². The normalized spacial score (nSPS) is 18.0. The number of esters is 1. The molecule has 0 spiro atoms. The molecule has 1 unspecified atom stereocenters. The van der Waals surface area contributed by atoms with Gasteiger partial charge in [-0.25, -0.2) is 4.79 Å². The zero-order chi connectivity index (χ0) is 18.0. The molecule has 1 fully saturated rings. The maximum absolute atomic E-state index is 12.4. The van der Waals surface area contributed by atoms with E-state index in [9.17, 15) is 9.59 Å². The monoisotopic (exact) mass is 339 g/mol. The zero-order valence-corrected chi connectivity index (χ0v) is 16.2. The lowest BCUT2D eigenvalue weighted by molar-refractivity contribution is -0.156. The van der Waals surface area contributed by atoms with Crippen LogP contribution in [0.3, 0.4) is 0 Å². The predicted octanol–water partition coefficient (Wildman–Crippen LogP) is 4.71. The summed E-state index contributed by atoms with van der Waals surface area (Å²) in [4.78, 5) is 26.4. The highest BCUT2D eigenvalue weighted by Crippen LogP contribution is 2.26. The highest BCUT2D eigenvalue weighted by Gasteiger charge is 2.39. The number of ether oxygens (including phenoxy) is 1. The number of nitrogens with zero attached hydrogens (tertiary/aromatic N) is 1. The Morgan fingerprint density at radius 3 is 2.17 bits per heavy atom. The summed E-state index contributed by atoms with van der Waals surface area (Å²) in [6.45, 7) is 9.09. The summed E-state index contributed by atoms with van der Waals surface area (Å²) < 4.78 is 5.43. The second kappa shape index (κ2) is 10.7. The molecule has 0 aromatic heterocycles. The van der Waals surface area contributed by atoms with Gasteiger partial charge in [0.05, 0.1) is 6.61 Å². The summed E-state index contributed by atoms with van der Waals surface area (Å²) in [5, 5.41) is 0. The lowest BCUT2D eigenvalue weighted by Crippen LogP contribution is -2.46. The van der Waals surface area contributed by atoms with Crippen molar-refractivity contribution < 1.29 is 14.3 Å². The van der Waals surface area contributed by atoms with E-state index in [1.807, 2.05) is 20.8 Å². The fraction of sp³-hybridized carbons (Fsp3) is 0.900. The first kappa shape index (κ1) is 21.0. The van der Waals surface area contributed by atoms with Crippen LogP contribution in [-0.4, -0.2) is 36.0 Å². The average molecular weight is 340 g/mol. The average Bonchev–Trinajstić information content (AvgIpc) is 3.00. The van der Waals surface area contributed by atoms with Gasteiger partial charge in [-0.3, -0.25) is 4.79 Å². The third-order valence-corrected chi connectivity index (χ3v) is 4.67. The van der Waals surface area contributed by atoms with Gasteiger partial charge in [-0.2, -0.15) is 0 Å². The molecule has 4 heteroatoms. The summed E-state index contributed by atoms with van der Waals surface area (Å²) in [7, 11) is 0. The van der Waals surface area contributed by atoms with Crippen LogP contribution in [0.4, 0.5) is 0 Å². The van der Waals surface area contributed by atoms with Crippen molar-refractivity contribution in [2.24, 2.45) is 5.41 Å². The third kappa shape index (κ3) is 7.23. The first-order valence-electron chi connectivity index (χ1n) is 9.85. The topological polar surface area (TPSA) is 46.6 Å². The molecule has 1 saturated heterocycles. The lowest BCUT2D eigenvalue weighted by atomic mass is 9.94. The standard InChI is InChI=1S/C20H37NO3/c1-5-6-7-8-9-10-11-12-16-24-18(22)17-14-13-15-21(17)19(23)20(2,3)4/h17H,5-16H2,1-4H3. The fourth-order valence-corrected chi connectivity index (χ4v) is 3.19. The molecule has 0 aliphatic carbocycles. The maximum Gasteiger partial charge on any atom is 0.328 e. The molecule has 1 aliphatic heterocycles. The van der Waals surface area contributed by atoms with Crippen LogP contribution in [0.2, 0.25) is 0 Å². The maximum atomic E-state index is 12.4. The van der Waals surface area contributed by atoms with E-state index in [2.05, 4.69) is 6.92 Å². The molecule has 140 valence electrons. The van der Waals surface area contributed by atoms with E-state index >= 15 is 0 Å². The molecule has 0 aromatic carbocycles. The molecule has 0 N–H and O–H groups in total. The number of carbonyl (C=O) groups is 2. The summed E-state index contributed by atoms with van der Waals surface area (Å²) in [5.41, 5.74) is -0.444. The van der Waals surface area contributed by atoms with Gasteiger partial charge in [-0.15, -0.1) is 0 Å². The Balaban J connectivity index is 2.19. The van der Waals surface area contributed by atoms with Crippen LogP contribution in [0.1, 0.15) is 91.9 Å². The van der Waals surface area contributed by atoms with Gasteiger partial charge in [-0.05, 0) is 19.3 Å². The van der Waals surface area contributed by atoms with Crippen molar-refractivity contribution in [2.75, 3.05) is 13.2 Å². The van der Waals surface area contributed by atoms with Gasteiger partial charge in [0.2, 0.25) is 5.91 Å². The van der Waals surface area contributed by atoms with Crippen molar-refractivity contribution in [2.45, 2.75) is 97.9 Å². The van der Waals surface area contributed by atoms with Crippen LogP contribution in [0.5, 0.6) is 0 Å². The molecule has 4 nitrogen and oxygen atoms in total. The highest BCUT2D eigenvalue weighted by atomic mass is 16.5. The number of hydrogen-bond donors (Lipinski definition) is 0. The number of rotatable bonds is 10. The first-order valence-corrected chi connectivity index (χ1v) is 9.85. The van der Waals surface area contributed by atoms with Crippen molar-refractivity contribution >= 4 is 11.9 Å². The van der Waals surface area contributed by atoms with Crippen LogP contribution in [-0.2, 0) is 14.3 Å². The summed E-state index contributed by atoms with van der Waals surface area (Å²) in [6.07, 6.45) is 11.5. The third-order valence-electron chi connectivity index (χ3n) is 4.67. The Morgan fingerprint density at radius 1 is 1.00 bits per heavy atom. The fourth-order valence-electron chi connectivity index (χ4n) is 3.19. The van der Waals surface area contributed by atoms with Crippen molar-refractivity contribution in [1.82, 2.24) is 4.90 Å². The molecular weight excluding hydrogens is 302 g/mol. The minimum absolute atomic E-state index is 0.0500. The Kier molecular flexibility index (Phi) is 9.38. The number of carbonyl (C=O) groups excluding carboxylic acids is 2. The van der Waals surface area contributed by atoms with Crippen LogP contribution in [0.25, 0.3) is 0 Å². The van der Waals surface area contributed by atoms with Crippen LogP contribution >= 0.6 is 0 Å². The molecule has 1 amide bonds. The van der Waals surface area contributed by atoms with Crippen molar-refractivity contribution in [1.29, 1.82) is 0 Å². The summed E-state index contributed by atoms with van der Waals surface area (Å²) in [5.74, 6) is -0.165. The van der Waals surface area contributed by atoms with Crippen molar-refractivity contribution in [3.8, 4) is 0 Å².